The highest BCUT2D eigenvalue weighted by Gasteiger charge is 2.33. The Morgan fingerprint density at radius 2 is 1.70 bits per heavy atom. The van der Waals surface area contributed by atoms with Crippen LogP contribution in [-0.2, 0) is 0 Å². The van der Waals surface area contributed by atoms with E-state index in [0.717, 1.165) is 16.9 Å². The van der Waals surface area contributed by atoms with E-state index in [-0.39, 0.29) is 12.0 Å². The summed E-state index contributed by atoms with van der Waals surface area (Å²) in [6, 6.07) is 22.5. The molecule has 1 aliphatic heterocycles. The number of benzene rings is 2. The summed E-state index contributed by atoms with van der Waals surface area (Å²) >= 11 is 0. The summed E-state index contributed by atoms with van der Waals surface area (Å²) in [7, 11) is 0. The van der Waals surface area contributed by atoms with Gasteiger partial charge in [0.1, 0.15) is 17.5 Å². The normalized spacial score (nSPS) is 13.7. The number of likely N-dealkylation sites (tertiary alicyclic amines) is 1. The monoisotopic (exact) mass is 398 g/mol. The molecule has 0 atom stereocenters. The van der Waals surface area contributed by atoms with E-state index in [0.29, 0.717) is 30.5 Å². The number of pyridine rings is 1. The molecule has 3 heterocycles. The van der Waals surface area contributed by atoms with Crippen molar-refractivity contribution in [2.45, 2.75) is 6.10 Å². The first-order valence-electron chi connectivity index (χ1n) is 9.63. The molecule has 2 aromatic heterocycles. The number of nitrogens with zero attached hydrogens (tertiary/aromatic N) is 4. The fourth-order valence-electron chi connectivity index (χ4n) is 3.24. The van der Waals surface area contributed by atoms with Crippen LogP contribution in [0, 0.1) is 0 Å². The third-order valence-electron chi connectivity index (χ3n) is 4.88. The first-order chi connectivity index (χ1) is 14.8. The molecule has 148 valence electrons. The van der Waals surface area contributed by atoms with Crippen molar-refractivity contribution < 1.29 is 14.1 Å². The van der Waals surface area contributed by atoms with E-state index >= 15 is 0 Å². The Labute approximate surface area is 172 Å². The van der Waals surface area contributed by atoms with Crippen molar-refractivity contribution in [3.8, 4) is 28.6 Å². The number of aromatic nitrogens is 3. The number of ether oxygens (including phenoxy) is 1. The molecule has 1 aliphatic rings. The third-order valence-corrected chi connectivity index (χ3v) is 4.88. The van der Waals surface area contributed by atoms with Crippen LogP contribution in [0.25, 0.3) is 22.8 Å². The molecule has 0 N–H and O–H groups in total. The summed E-state index contributed by atoms with van der Waals surface area (Å²) in [4.78, 5) is 22.6. The van der Waals surface area contributed by atoms with E-state index in [1.807, 2.05) is 60.7 Å². The van der Waals surface area contributed by atoms with Crippen molar-refractivity contribution in [2.24, 2.45) is 0 Å². The average Bonchev–Trinajstić information content (AvgIpc) is 3.27. The molecule has 0 unspecified atom stereocenters. The third kappa shape index (κ3) is 3.65. The highest BCUT2D eigenvalue weighted by Crippen LogP contribution is 2.25. The van der Waals surface area contributed by atoms with E-state index in [4.69, 9.17) is 9.26 Å². The molecule has 7 heteroatoms. The second-order valence-electron chi connectivity index (χ2n) is 6.98. The fraction of sp³-hybridized carbons (Fsp3) is 0.130. The van der Waals surface area contributed by atoms with Gasteiger partial charge < -0.3 is 14.2 Å². The maximum Gasteiger partial charge on any atom is 0.272 e. The van der Waals surface area contributed by atoms with Gasteiger partial charge in [-0.25, -0.2) is 0 Å². The van der Waals surface area contributed by atoms with Gasteiger partial charge in [-0.1, -0.05) is 29.4 Å². The smallest absolute Gasteiger partial charge is 0.272 e. The molecule has 1 saturated heterocycles. The van der Waals surface area contributed by atoms with Crippen LogP contribution < -0.4 is 4.74 Å². The Bertz CT molecular complexity index is 1140. The summed E-state index contributed by atoms with van der Waals surface area (Å²) in [5.41, 5.74) is 2.18. The van der Waals surface area contributed by atoms with E-state index < -0.39 is 0 Å². The maximum atomic E-state index is 12.3. The van der Waals surface area contributed by atoms with Gasteiger partial charge in [-0.3, -0.25) is 9.78 Å². The topological polar surface area (TPSA) is 81.4 Å². The molecule has 0 aliphatic carbocycles. The van der Waals surface area contributed by atoms with Crippen LogP contribution in [0.4, 0.5) is 0 Å². The van der Waals surface area contributed by atoms with Crippen LogP contribution in [0.15, 0.2) is 83.5 Å². The van der Waals surface area contributed by atoms with Gasteiger partial charge in [0.2, 0.25) is 5.82 Å². The van der Waals surface area contributed by atoms with Gasteiger partial charge in [-0.15, -0.1) is 0 Å². The van der Waals surface area contributed by atoms with Gasteiger partial charge in [0.05, 0.1) is 13.1 Å². The molecular formula is C23H18N4O3. The van der Waals surface area contributed by atoms with Crippen molar-refractivity contribution in [2.75, 3.05) is 13.1 Å². The van der Waals surface area contributed by atoms with Crippen LogP contribution in [0.1, 0.15) is 10.5 Å². The van der Waals surface area contributed by atoms with Crippen LogP contribution in [0.5, 0.6) is 5.75 Å². The van der Waals surface area contributed by atoms with Gasteiger partial charge in [-0.2, -0.15) is 4.98 Å². The Hall–Kier alpha value is -4.00. The van der Waals surface area contributed by atoms with Crippen LogP contribution in [-0.4, -0.2) is 45.1 Å². The summed E-state index contributed by atoms with van der Waals surface area (Å²) < 4.78 is 11.3. The minimum absolute atomic E-state index is 0.0293. The van der Waals surface area contributed by atoms with Crippen LogP contribution in [0.3, 0.4) is 0 Å². The van der Waals surface area contributed by atoms with Crippen molar-refractivity contribution in [1.82, 2.24) is 20.0 Å². The van der Waals surface area contributed by atoms with Gasteiger partial charge in [0.15, 0.2) is 0 Å². The second kappa shape index (κ2) is 7.79. The zero-order valence-corrected chi connectivity index (χ0v) is 16.0. The number of rotatable bonds is 5. The Morgan fingerprint density at radius 1 is 0.933 bits per heavy atom. The van der Waals surface area contributed by atoms with E-state index in [1.165, 1.54) is 0 Å². The lowest BCUT2D eigenvalue weighted by molar-refractivity contribution is 0.0173. The van der Waals surface area contributed by atoms with Crippen LogP contribution >= 0.6 is 0 Å². The zero-order valence-electron chi connectivity index (χ0n) is 16.0. The molecule has 0 spiro atoms. The van der Waals surface area contributed by atoms with E-state index in [1.54, 1.807) is 23.2 Å². The molecular weight excluding hydrogens is 380 g/mol. The SMILES string of the molecule is O=C(c1ccccn1)N1CC(Oc2ccc(-c3noc(-c4ccccc4)n3)cc2)C1. The molecule has 2 aromatic carbocycles. The fourth-order valence-corrected chi connectivity index (χ4v) is 3.24. The Kier molecular flexibility index (Phi) is 4.69. The Balaban J connectivity index is 1.19. The minimum atomic E-state index is -0.0721. The maximum absolute atomic E-state index is 12.3. The molecule has 1 fully saturated rings. The first kappa shape index (κ1) is 18.1. The van der Waals surface area contributed by atoms with Gasteiger partial charge >= 0.3 is 0 Å². The lowest BCUT2D eigenvalue weighted by Crippen LogP contribution is -2.56. The largest absolute Gasteiger partial charge is 0.487 e. The van der Waals surface area contributed by atoms with Crippen LogP contribution in [0.2, 0.25) is 0 Å². The van der Waals surface area contributed by atoms with Gasteiger partial charge in [0, 0.05) is 17.3 Å². The molecule has 5 rings (SSSR count). The summed E-state index contributed by atoms with van der Waals surface area (Å²) in [6.07, 6.45) is 1.59. The van der Waals surface area contributed by atoms with Crippen molar-refractivity contribution >= 4 is 5.91 Å². The first-order valence-corrected chi connectivity index (χ1v) is 9.63. The van der Waals surface area contributed by atoms with Gasteiger partial charge in [0.25, 0.3) is 11.8 Å². The molecule has 0 radical (unpaired) electrons. The highest BCUT2D eigenvalue weighted by atomic mass is 16.5. The van der Waals surface area contributed by atoms with Crippen molar-refractivity contribution in [3.05, 3.63) is 84.7 Å². The number of hydrogen-bond acceptors (Lipinski definition) is 6. The zero-order chi connectivity index (χ0) is 20.3. The number of hydrogen-bond donors (Lipinski definition) is 0. The summed E-state index contributed by atoms with van der Waals surface area (Å²) in [6.45, 7) is 1.09. The molecule has 0 bridgehead atoms. The van der Waals surface area contributed by atoms with Gasteiger partial charge in [-0.05, 0) is 48.5 Å². The Morgan fingerprint density at radius 3 is 2.43 bits per heavy atom. The highest BCUT2D eigenvalue weighted by molar-refractivity contribution is 5.92. The molecule has 4 aromatic rings. The van der Waals surface area contributed by atoms with Crippen molar-refractivity contribution in [3.63, 3.8) is 0 Å². The minimum Gasteiger partial charge on any atom is -0.487 e. The van der Waals surface area contributed by atoms with E-state index in [2.05, 4.69) is 15.1 Å². The predicted octanol–water partition coefficient (Wildman–Crippen LogP) is 3.70. The molecule has 7 nitrogen and oxygen atoms in total. The predicted molar refractivity (Wildman–Crippen MR) is 110 cm³/mol. The average molecular weight is 398 g/mol. The summed E-state index contributed by atoms with van der Waals surface area (Å²) in [5, 5.41) is 4.06. The lowest BCUT2D eigenvalue weighted by Gasteiger charge is -2.38. The number of carbonyl (C=O) groups excluding carboxylic acids is 1. The second-order valence-corrected chi connectivity index (χ2v) is 6.98. The summed E-state index contributed by atoms with van der Waals surface area (Å²) in [5.74, 6) is 1.67. The van der Waals surface area contributed by atoms with E-state index in [9.17, 15) is 4.79 Å². The number of carbonyl (C=O) groups is 1. The standard InChI is InChI=1S/C23H18N4O3/c28-23(20-8-4-5-13-24-20)27-14-19(15-27)29-18-11-9-16(10-12-18)21-25-22(30-26-21)17-6-2-1-3-7-17/h1-13,19H,14-15H2. The molecule has 30 heavy (non-hydrogen) atoms. The number of amides is 1. The quantitative estimate of drug-likeness (QED) is 0.510. The molecule has 0 saturated carbocycles. The molecule has 1 amide bonds. The lowest BCUT2D eigenvalue weighted by atomic mass is 10.1. The van der Waals surface area contributed by atoms with Crippen molar-refractivity contribution in [1.29, 1.82) is 0 Å².